The third-order valence-electron chi connectivity index (χ3n) is 3.57. The Kier molecular flexibility index (Phi) is 7.62. The summed E-state index contributed by atoms with van der Waals surface area (Å²) in [5.74, 6) is 0.274. The van der Waals surface area contributed by atoms with Crippen LogP contribution in [0.2, 0.25) is 0 Å². The van der Waals surface area contributed by atoms with E-state index in [0.29, 0.717) is 26.2 Å². The zero-order valence-electron chi connectivity index (χ0n) is 13.7. The van der Waals surface area contributed by atoms with Crippen LogP contribution in [0.4, 0.5) is 0 Å². The second-order valence-electron chi connectivity index (χ2n) is 6.35. The number of benzene rings is 1. The minimum atomic E-state index is -0.146. The Bertz CT molecular complexity index is 412. The number of hydrogen-bond acceptors (Lipinski definition) is 3. The molecule has 0 N–H and O–H groups in total. The van der Waals surface area contributed by atoms with Crippen molar-refractivity contribution in [3.8, 4) is 0 Å². The van der Waals surface area contributed by atoms with Crippen LogP contribution >= 0.6 is 0 Å². The summed E-state index contributed by atoms with van der Waals surface area (Å²) in [6.45, 7) is 7.87. The van der Waals surface area contributed by atoms with Gasteiger partial charge in [-0.15, -0.1) is 0 Å². The van der Waals surface area contributed by atoms with E-state index in [-0.39, 0.29) is 17.1 Å². The standard InChI is InChI=1S/C18H28O3/c1-5-16(13-20-4)17(19)11-18(2,3)14-21-12-15-9-7-6-8-10-15/h6-10,16H,5,11-14H2,1-4H3. The van der Waals surface area contributed by atoms with Crippen LogP contribution < -0.4 is 0 Å². The predicted molar refractivity (Wildman–Crippen MR) is 85.2 cm³/mol. The summed E-state index contributed by atoms with van der Waals surface area (Å²) in [6.07, 6.45) is 1.36. The maximum atomic E-state index is 12.3. The third-order valence-corrected chi connectivity index (χ3v) is 3.57. The highest BCUT2D eigenvalue weighted by molar-refractivity contribution is 5.81. The van der Waals surface area contributed by atoms with E-state index in [1.54, 1.807) is 7.11 Å². The molecule has 0 heterocycles. The lowest BCUT2D eigenvalue weighted by Crippen LogP contribution is -2.28. The smallest absolute Gasteiger partial charge is 0.138 e. The Labute approximate surface area is 128 Å². The van der Waals surface area contributed by atoms with E-state index in [0.717, 1.165) is 12.0 Å². The topological polar surface area (TPSA) is 35.5 Å². The van der Waals surface area contributed by atoms with Crippen molar-refractivity contribution < 1.29 is 14.3 Å². The van der Waals surface area contributed by atoms with Gasteiger partial charge in [0.05, 0.1) is 19.8 Å². The molecule has 3 nitrogen and oxygen atoms in total. The molecule has 1 aromatic carbocycles. The van der Waals surface area contributed by atoms with Gasteiger partial charge in [-0.3, -0.25) is 4.79 Å². The van der Waals surface area contributed by atoms with Gasteiger partial charge in [-0.2, -0.15) is 0 Å². The fourth-order valence-electron chi connectivity index (χ4n) is 2.33. The molecule has 0 spiro atoms. The largest absolute Gasteiger partial charge is 0.384 e. The first kappa shape index (κ1) is 17.9. The zero-order valence-corrected chi connectivity index (χ0v) is 13.7. The quantitative estimate of drug-likeness (QED) is 0.657. The fraction of sp³-hybridized carbons (Fsp3) is 0.611. The van der Waals surface area contributed by atoms with Crippen molar-refractivity contribution in [3.05, 3.63) is 35.9 Å². The summed E-state index contributed by atoms with van der Waals surface area (Å²) < 4.78 is 10.9. The van der Waals surface area contributed by atoms with Gasteiger partial charge in [0.15, 0.2) is 0 Å². The summed E-state index contributed by atoms with van der Waals surface area (Å²) in [6, 6.07) is 10.1. The molecule has 1 aromatic rings. The summed E-state index contributed by atoms with van der Waals surface area (Å²) >= 11 is 0. The van der Waals surface area contributed by atoms with Crippen LogP contribution in [-0.2, 0) is 20.9 Å². The van der Waals surface area contributed by atoms with Crippen molar-refractivity contribution >= 4 is 5.78 Å². The zero-order chi connectivity index (χ0) is 15.7. The Hall–Kier alpha value is -1.19. The molecule has 1 rings (SSSR count). The number of Topliss-reactive ketones (excluding diaryl/α,β-unsaturated/α-hetero) is 1. The van der Waals surface area contributed by atoms with Gasteiger partial charge >= 0.3 is 0 Å². The van der Waals surface area contributed by atoms with E-state index in [1.807, 2.05) is 37.3 Å². The van der Waals surface area contributed by atoms with E-state index in [2.05, 4.69) is 13.8 Å². The van der Waals surface area contributed by atoms with Crippen molar-refractivity contribution in [1.82, 2.24) is 0 Å². The number of hydrogen-bond donors (Lipinski definition) is 0. The molecule has 0 aliphatic carbocycles. The Morgan fingerprint density at radius 3 is 2.48 bits per heavy atom. The molecule has 0 bridgehead atoms. The lowest BCUT2D eigenvalue weighted by atomic mass is 9.84. The van der Waals surface area contributed by atoms with Gasteiger partial charge in [0.25, 0.3) is 0 Å². The first-order chi connectivity index (χ1) is 9.98. The monoisotopic (exact) mass is 292 g/mol. The lowest BCUT2D eigenvalue weighted by Gasteiger charge is -2.25. The Morgan fingerprint density at radius 2 is 1.90 bits per heavy atom. The summed E-state index contributed by atoms with van der Waals surface area (Å²) in [5.41, 5.74) is 1.01. The van der Waals surface area contributed by atoms with Gasteiger partial charge in [-0.1, -0.05) is 51.1 Å². The number of carbonyl (C=O) groups excluding carboxylic acids is 1. The molecule has 1 atom stereocenters. The van der Waals surface area contributed by atoms with Crippen molar-refractivity contribution in [1.29, 1.82) is 0 Å². The van der Waals surface area contributed by atoms with Gasteiger partial charge < -0.3 is 9.47 Å². The lowest BCUT2D eigenvalue weighted by molar-refractivity contribution is -0.127. The number of ether oxygens (including phenoxy) is 2. The van der Waals surface area contributed by atoms with Crippen molar-refractivity contribution in [2.45, 2.75) is 40.2 Å². The van der Waals surface area contributed by atoms with Crippen LogP contribution in [0.15, 0.2) is 30.3 Å². The van der Waals surface area contributed by atoms with Crippen LogP contribution in [-0.4, -0.2) is 26.1 Å². The molecular formula is C18H28O3. The Balaban J connectivity index is 2.40. The molecule has 0 amide bonds. The van der Waals surface area contributed by atoms with Crippen LogP contribution in [0.1, 0.15) is 39.2 Å². The normalized spacial score (nSPS) is 13.1. The molecule has 0 aliphatic rings. The number of ketones is 1. The average molecular weight is 292 g/mol. The van der Waals surface area contributed by atoms with Gasteiger partial charge in [0, 0.05) is 19.4 Å². The maximum Gasteiger partial charge on any atom is 0.138 e. The van der Waals surface area contributed by atoms with E-state index >= 15 is 0 Å². The molecule has 0 fully saturated rings. The van der Waals surface area contributed by atoms with Gasteiger partial charge in [0.2, 0.25) is 0 Å². The number of carbonyl (C=O) groups is 1. The van der Waals surface area contributed by atoms with E-state index in [4.69, 9.17) is 9.47 Å². The minimum absolute atomic E-state index is 0.00315. The first-order valence-corrected chi connectivity index (χ1v) is 7.62. The molecule has 21 heavy (non-hydrogen) atoms. The van der Waals surface area contributed by atoms with Crippen LogP contribution in [0.25, 0.3) is 0 Å². The average Bonchev–Trinajstić information content (AvgIpc) is 2.45. The summed E-state index contributed by atoms with van der Waals surface area (Å²) in [5, 5.41) is 0. The van der Waals surface area contributed by atoms with Gasteiger partial charge in [-0.05, 0) is 17.4 Å². The van der Waals surface area contributed by atoms with Crippen LogP contribution in [0, 0.1) is 11.3 Å². The molecule has 0 radical (unpaired) electrons. The molecule has 0 aliphatic heterocycles. The van der Waals surface area contributed by atoms with Gasteiger partial charge in [-0.25, -0.2) is 0 Å². The van der Waals surface area contributed by atoms with E-state index in [1.165, 1.54) is 0 Å². The second-order valence-corrected chi connectivity index (χ2v) is 6.35. The van der Waals surface area contributed by atoms with Crippen molar-refractivity contribution in [2.75, 3.05) is 20.3 Å². The highest BCUT2D eigenvalue weighted by atomic mass is 16.5. The summed E-state index contributed by atoms with van der Waals surface area (Å²) in [4.78, 5) is 12.3. The van der Waals surface area contributed by atoms with Crippen LogP contribution in [0.5, 0.6) is 0 Å². The van der Waals surface area contributed by atoms with Gasteiger partial charge in [0.1, 0.15) is 5.78 Å². The van der Waals surface area contributed by atoms with Crippen LogP contribution in [0.3, 0.4) is 0 Å². The van der Waals surface area contributed by atoms with Crippen molar-refractivity contribution in [2.24, 2.45) is 11.3 Å². The fourth-order valence-corrected chi connectivity index (χ4v) is 2.33. The molecular weight excluding hydrogens is 264 g/mol. The Morgan fingerprint density at radius 1 is 1.24 bits per heavy atom. The summed E-state index contributed by atoms with van der Waals surface area (Å²) in [7, 11) is 1.64. The highest BCUT2D eigenvalue weighted by Crippen LogP contribution is 2.24. The molecule has 118 valence electrons. The molecule has 3 heteroatoms. The number of methoxy groups -OCH3 is 1. The second kappa shape index (κ2) is 8.96. The molecule has 1 unspecified atom stereocenters. The van der Waals surface area contributed by atoms with Crippen molar-refractivity contribution in [3.63, 3.8) is 0 Å². The van der Waals surface area contributed by atoms with E-state index in [9.17, 15) is 4.79 Å². The predicted octanol–water partition coefficient (Wildman–Crippen LogP) is 3.86. The minimum Gasteiger partial charge on any atom is -0.384 e. The SMILES string of the molecule is CCC(COC)C(=O)CC(C)(C)COCc1ccccc1. The number of rotatable bonds is 10. The molecule has 0 saturated heterocycles. The third kappa shape index (κ3) is 6.87. The molecule has 0 saturated carbocycles. The van der Waals surface area contributed by atoms with E-state index < -0.39 is 0 Å². The first-order valence-electron chi connectivity index (χ1n) is 7.62. The molecule has 0 aromatic heterocycles. The maximum absolute atomic E-state index is 12.3. The highest BCUT2D eigenvalue weighted by Gasteiger charge is 2.26.